The Balaban J connectivity index is 1.99. The van der Waals surface area contributed by atoms with Crippen LogP contribution >= 0.6 is 11.3 Å². The van der Waals surface area contributed by atoms with Crippen molar-refractivity contribution < 1.29 is 9.84 Å². The van der Waals surface area contributed by atoms with Gasteiger partial charge in [0.05, 0.1) is 25.1 Å². The molecule has 1 aliphatic rings. The number of thiophene rings is 1. The van der Waals surface area contributed by atoms with Gasteiger partial charge in [-0.3, -0.25) is 9.89 Å². The largest absolute Gasteiger partial charge is 0.381 e. The second kappa shape index (κ2) is 5.52. The van der Waals surface area contributed by atoms with E-state index in [2.05, 4.69) is 15.2 Å². The Morgan fingerprint density at radius 1 is 1.48 bits per heavy atom. The van der Waals surface area contributed by atoms with E-state index in [0.717, 1.165) is 27.8 Å². The molecule has 1 aliphatic heterocycles. The summed E-state index contributed by atoms with van der Waals surface area (Å²) in [5, 5.41) is 19.0. The number of H-pyrrole nitrogens is 2. The minimum atomic E-state index is -1.22. The maximum absolute atomic E-state index is 12.7. The van der Waals surface area contributed by atoms with Gasteiger partial charge in [0.2, 0.25) is 0 Å². The number of aromatic amines is 2. The molecule has 0 aromatic carbocycles. The second-order valence-electron chi connectivity index (χ2n) is 7.24. The van der Waals surface area contributed by atoms with Gasteiger partial charge in [0.1, 0.15) is 10.3 Å². The van der Waals surface area contributed by atoms with E-state index in [0.29, 0.717) is 17.0 Å². The summed E-state index contributed by atoms with van der Waals surface area (Å²) in [6, 6.07) is 1.99. The fraction of sp³-hybridized carbons (Fsp3) is 0.444. The summed E-state index contributed by atoms with van der Waals surface area (Å²) < 4.78 is 6.41. The van der Waals surface area contributed by atoms with Crippen molar-refractivity contribution in [3.8, 4) is 10.4 Å². The molecule has 6 nitrogen and oxygen atoms in total. The van der Waals surface area contributed by atoms with Crippen molar-refractivity contribution in [2.45, 2.75) is 39.4 Å². The zero-order chi connectivity index (χ0) is 17.8. The van der Waals surface area contributed by atoms with E-state index in [1.165, 1.54) is 11.3 Å². The number of hydrogen-bond acceptors (Lipinski definition) is 5. The lowest BCUT2D eigenvalue weighted by molar-refractivity contribution is -0.147. The van der Waals surface area contributed by atoms with Crippen molar-refractivity contribution in [2.24, 2.45) is 5.41 Å². The Labute approximate surface area is 148 Å². The minimum Gasteiger partial charge on any atom is -0.381 e. The predicted molar refractivity (Wildman–Crippen MR) is 97.7 cm³/mol. The van der Waals surface area contributed by atoms with Crippen LogP contribution in [0.4, 0.5) is 0 Å². The summed E-state index contributed by atoms with van der Waals surface area (Å²) >= 11 is 1.43. The lowest BCUT2D eigenvalue weighted by Gasteiger charge is -2.45. The van der Waals surface area contributed by atoms with Crippen LogP contribution in [0.2, 0.25) is 0 Å². The maximum atomic E-state index is 12.7. The van der Waals surface area contributed by atoms with Crippen LogP contribution in [0.25, 0.3) is 20.5 Å². The third-order valence-electron chi connectivity index (χ3n) is 5.56. The second-order valence-corrected chi connectivity index (χ2v) is 8.29. The highest BCUT2D eigenvalue weighted by Gasteiger charge is 2.48. The normalized spacial score (nSPS) is 20.8. The van der Waals surface area contributed by atoms with Gasteiger partial charge in [0, 0.05) is 33.0 Å². The average Bonchev–Trinajstić information content (AvgIpc) is 3.25. The Morgan fingerprint density at radius 2 is 2.28 bits per heavy atom. The van der Waals surface area contributed by atoms with Gasteiger partial charge in [-0.15, -0.1) is 11.3 Å². The van der Waals surface area contributed by atoms with E-state index < -0.39 is 11.0 Å². The first-order valence-electron chi connectivity index (χ1n) is 8.36. The summed E-state index contributed by atoms with van der Waals surface area (Å²) in [4.78, 5) is 16.6. The van der Waals surface area contributed by atoms with E-state index >= 15 is 0 Å². The molecule has 0 bridgehead atoms. The Morgan fingerprint density at radius 3 is 2.96 bits per heavy atom. The fourth-order valence-electron chi connectivity index (χ4n) is 3.39. The molecule has 3 aromatic rings. The van der Waals surface area contributed by atoms with Crippen LogP contribution in [0.15, 0.2) is 23.3 Å². The Hall–Kier alpha value is -1.96. The van der Waals surface area contributed by atoms with Crippen molar-refractivity contribution >= 4 is 21.4 Å². The number of ether oxygens (including phenoxy) is 1. The van der Waals surface area contributed by atoms with Crippen LogP contribution in [0.5, 0.6) is 0 Å². The molecule has 25 heavy (non-hydrogen) atoms. The number of rotatable bonds is 3. The number of fused-ring (bicyclic) bond motifs is 3. The van der Waals surface area contributed by atoms with Gasteiger partial charge in [-0.25, -0.2) is 0 Å². The van der Waals surface area contributed by atoms with Crippen molar-refractivity contribution in [3.05, 3.63) is 40.1 Å². The smallest absolute Gasteiger partial charge is 0.266 e. The van der Waals surface area contributed by atoms with E-state index in [-0.39, 0.29) is 12.2 Å². The highest BCUT2D eigenvalue weighted by Crippen LogP contribution is 2.46. The quantitative estimate of drug-likeness (QED) is 0.670. The molecule has 1 atom stereocenters. The number of aromatic nitrogens is 3. The molecule has 3 N–H and O–H groups in total. The molecule has 0 saturated carbocycles. The zero-order valence-electron chi connectivity index (χ0n) is 14.5. The predicted octanol–water partition coefficient (Wildman–Crippen LogP) is 3.13. The van der Waals surface area contributed by atoms with Gasteiger partial charge in [-0.05, 0) is 12.5 Å². The summed E-state index contributed by atoms with van der Waals surface area (Å²) in [7, 11) is 0. The number of hydrogen-bond donors (Lipinski definition) is 3. The summed E-state index contributed by atoms with van der Waals surface area (Å²) in [5.41, 5.74) is 0.592. The van der Waals surface area contributed by atoms with E-state index in [1.807, 2.05) is 26.8 Å². The molecule has 0 radical (unpaired) electrons. The molecule has 3 aromatic heterocycles. The monoisotopic (exact) mass is 359 g/mol. The molecule has 0 unspecified atom stereocenters. The molecular weight excluding hydrogens is 338 g/mol. The van der Waals surface area contributed by atoms with E-state index in [1.54, 1.807) is 12.4 Å². The molecule has 0 fully saturated rings. The highest BCUT2D eigenvalue weighted by molar-refractivity contribution is 7.22. The van der Waals surface area contributed by atoms with Gasteiger partial charge in [0.25, 0.3) is 5.56 Å². The topological polar surface area (TPSA) is 91.0 Å². The number of pyridine rings is 1. The van der Waals surface area contributed by atoms with E-state index in [9.17, 15) is 9.90 Å². The van der Waals surface area contributed by atoms with Gasteiger partial charge in [0.15, 0.2) is 0 Å². The van der Waals surface area contributed by atoms with Gasteiger partial charge in [-0.1, -0.05) is 20.8 Å². The van der Waals surface area contributed by atoms with Crippen LogP contribution in [0.3, 0.4) is 0 Å². The molecule has 0 aliphatic carbocycles. The van der Waals surface area contributed by atoms with Crippen LogP contribution in [-0.2, 0) is 16.9 Å². The lowest BCUT2D eigenvalue weighted by Crippen LogP contribution is -2.49. The first-order valence-corrected chi connectivity index (χ1v) is 9.17. The molecule has 0 spiro atoms. The van der Waals surface area contributed by atoms with E-state index in [4.69, 9.17) is 4.74 Å². The third kappa shape index (κ3) is 2.30. The molecule has 0 saturated heterocycles. The summed E-state index contributed by atoms with van der Waals surface area (Å²) in [6.45, 7) is 6.59. The molecular formula is C18H21N3O3S. The molecule has 4 rings (SSSR count). The van der Waals surface area contributed by atoms with Crippen LogP contribution in [-0.4, -0.2) is 26.9 Å². The summed E-state index contributed by atoms with van der Waals surface area (Å²) in [6.07, 6.45) is 4.30. The van der Waals surface area contributed by atoms with Crippen LogP contribution in [0.1, 0.15) is 38.4 Å². The van der Waals surface area contributed by atoms with Crippen molar-refractivity contribution in [1.82, 2.24) is 15.2 Å². The SMILES string of the molecule is CCC(C)(C)[C@@]1(O)COCc2c1[nH]c(=O)c1sc(-c3cn[nH]c3)cc21. The maximum Gasteiger partial charge on any atom is 0.266 e. The van der Waals surface area contributed by atoms with Gasteiger partial charge >= 0.3 is 0 Å². The number of nitrogens with zero attached hydrogens (tertiary/aromatic N) is 1. The Bertz CT molecular complexity index is 987. The highest BCUT2D eigenvalue weighted by atomic mass is 32.1. The van der Waals surface area contributed by atoms with Gasteiger partial charge in [-0.2, -0.15) is 5.10 Å². The fourth-order valence-corrected chi connectivity index (χ4v) is 4.46. The van der Waals surface area contributed by atoms with Crippen molar-refractivity contribution in [1.29, 1.82) is 0 Å². The van der Waals surface area contributed by atoms with Gasteiger partial charge < -0.3 is 14.8 Å². The van der Waals surface area contributed by atoms with Crippen molar-refractivity contribution in [3.63, 3.8) is 0 Å². The zero-order valence-corrected chi connectivity index (χ0v) is 15.3. The molecule has 132 valence electrons. The molecule has 4 heterocycles. The van der Waals surface area contributed by atoms with Crippen molar-refractivity contribution in [2.75, 3.05) is 6.61 Å². The first-order chi connectivity index (χ1) is 11.9. The number of nitrogens with one attached hydrogen (secondary N) is 2. The summed E-state index contributed by atoms with van der Waals surface area (Å²) in [5.74, 6) is 0. The molecule has 7 heteroatoms. The average molecular weight is 359 g/mol. The lowest BCUT2D eigenvalue weighted by atomic mass is 9.69. The third-order valence-corrected chi connectivity index (χ3v) is 6.74. The Kier molecular flexibility index (Phi) is 3.64. The van der Waals surface area contributed by atoms with Crippen LogP contribution in [0, 0.1) is 5.41 Å². The first kappa shape index (κ1) is 16.5. The van der Waals surface area contributed by atoms with Crippen LogP contribution < -0.4 is 5.56 Å². The molecule has 0 amide bonds. The minimum absolute atomic E-state index is 0.166. The number of aliphatic hydroxyl groups is 1. The standard InChI is InChI=1S/C18H21N3O3S/c1-4-17(2,3)18(23)9-24-8-12-11-5-13(10-6-19-20-7-10)25-14(11)16(22)21-15(12)18/h5-7,23H,4,8-9H2,1-3H3,(H,19,20)(H,21,22)/t18-/m1/s1.